The molecule has 1 unspecified atom stereocenters. The van der Waals surface area contributed by atoms with E-state index >= 15 is 0 Å². The Morgan fingerprint density at radius 3 is 2.84 bits per heavy atom. The second kappa shape index (κ2) is 6.94. The number of anilines is 2. The second-order valence-electron chi connectivity index (χ2n) is 7.28. The molecular formula is C19H25N3O3. The van der Waals surface area contributed by atoms with Gasteiger partial charge in [0.1, 0.15) is 5.75 Å². The maximum absolute atomic E-state index is 12.8. The molecule has 6 heteroatoms. The van der Waals surface area contributed by atoms with E-state index < -0.39 is 0 Å². The second-order valence-corrected chi connectivity index (χ2v) is 7.28. The number of likely N-dealkylation sites (tertiary alicyclic amines) is 1. The highest BCUT2D eigenvalue weighted by Crippen LogP contribution is 2.35. The number of carbonyl (C=O) groups excluding carboxylic acids is 2. The number of nitrogens with zero attached hydrogens (tertiary/aromatic N) is 1. The lowest BCUT2D eigenvalue weighted by Gasteiger charge is -2.34. The number of nitrogens with one attached hydrogen (secondary N) is 2. The molecule has 0 bridgehead atoms. The van der Waals surface area contributed by atoms with Gasteiger partial charge in [-0.25, -0.2) is 4.79 Å². The van der Waals surface area contributed by atoms with Crippen molar-refractivity contribution in [3.05, 3.63) is 18.2 Å². The van der Waals surface area contributed by atoms with Crippen LogP contribution in [0, 0.1) is 5.92 Å². The van der Waals surface area contributed by atoms with Crippen LogP contribution in [0.2, 0.25) is 0 Å². The molecule has 134 valence electrons. The van der Waals surface area contributed by atoms with Crippen LogP contribution in [0.5, 0.6) is 5.75 Å². The van der Waals surface area contributed by atoms with E-state index in [-0.39, 0.29) is 18.5 Å². The molecule has 25 heavy (non-hydrogen) atoms. The topological polar surface area (TPSA) is 70.7 Å². The highest BCUT2D eigenvalue weighted by molar-refractivity contribution is 5.96. The van der Waals surface area contributed by atoms with Crippen LogP contribution in [0.15, 0.2) is 18.2 Å². The summed E-state index contributed by atoms with van der Waals surface area (Å²) >= 11 is 0. The summed E-state index contributed by atoms with van der Waals surface area (Å²) in [6, 6.07) is 5.71. The lowest BCUT2D eigenvalue weighted by Crippen LogP contribution is -2.43. The van der Waals surface area contributed by atoms with Crippen LogP contribution in [0.4, 0.5) is 16.2 Å². The average molecular weight is 343 g/mol. The van der Waals surface area contributed by atoms with Crippen LogP contribution in [-0.4, -0.2) is 36.0 Å². The van der Waals surface area contributed by atoms with Crippen LogP contribution in [0.1, 0.15) is 44.9 Å². The Kier molecular flexibility index (Phi) is 4.51. The minimum absolute atomic E-state index is 0.0142. The monoisotopic (exact) mass is 343 g/mol. The molecule has 1 atom stereocenters. The molecule has 1 saturated heterocycles. The SMILES string of the molecule is O=C1COc2cc(NC(=O)N3CCCC3C3CCCCC3)ccc2N1. The molecule has 1 aromatic carbocycles. The molecule has 2 fully saturated rings. The highest BCUT2D eigenvalue weighted by atomic mass is 16.5. The van der Waals surface area contributed by atoms with Gasteiger partial charge in [0, 0.05) is 24.3 Å². The summed E-state index contributed by atoms with van der Waals surface area (Å²) in [5.41, 5.74) is 1.35. The number of hydrogen-bond donors (Lipinski definition) is 2. The highest BCUT2D eigenvalue weighted by Gasteiger charge is 2.35. The fourth-order valence-corrected chi connectivity index (χ4v) is 4.40. The van der Waals surface area contributed by atoms with Crippen molar-refractivity contribution in [3.63, 3.8) is 0 Å². The molecule has 0 spiro atoms. The molecule has 6 nitrogen and oxygen atoms in total. The number of carbonyl (C=O) groups is 2. The fraction of sp³-hybridized carbons (Fsp3) is 0.579. The van der Waals surface area contributed by atoms with Crippen LogP contribution in [0.3, 0.4) is 0 Å². The lowest BCUT2D eigenvalue weighted by molar-refractivity contribution is -0.118. The Morgan fingerprint density at radius 1 is 1.16 bits per heavy atom. The summed E-state index contributed by atoms with van der Waals surface area (Å²) in [5.74, 6) is 1.10. The molecule has 2 heterocycles. The first kappa shape index (κ1) is 16.2. The summed E-state index contributed by atoms with van der Waals surface area (Å²) in [4.78, 5) is 26.2. The number of benzene rings is 1. The van der Waals surface area contributed by atoms with Crippen LogP contribution in [0.25, 0.3) is 0 Å². The normalized spacial score (nSPS) is 23.6. The minimum atomic E-state index is -0.156. The first-order chi connectivity index (χ1) is 12.2. The largest absolute Gasteiger partial charge is 0.482 e. The molecule has 4 rings (SSSR count). The maximum atomic E-state index is 12.8. The smallest absolute Gasteiger partial charge is 0.322 e. The van der Waals surface area contributed by atoms with E-state index in [0.29, 0.717) is 29.1 Å². The third-order valence-corrected chi connectivity index (χ3v) is 5.62. The zero-order valence-electron chi connectivity index (χ0n) is 14.4. The molecule has 2 N–H and O–H groups in total. The first-order valence-electron chi connectivity index (χ1n) is 9.35. The van der Waals surface area contributed by atoms with Gasteiger partial charge in [-0.05, 0) is 43.7 Å². The average Bonchev–Trinajstić information content (AvgIpc) is 3.12. The van der Waals surface area contributed by atoms with Crippen molar-refractivity contribution < 1.29 is 14.3 Å². The van der Waals surface area contributed by atoms with Gasteiger partial charge >= 0.3 is 6.03 Å². The van der Waals surface area contributed by atoms with Crippen molar-refractivity contribution in [1.29, 1.82) is 0 Å². The molecule has 0 aromatic heterocycles. The standard InChI is InChI=1S/C19H25N3O3/c23-18-12-25-17-11-14(8-9-15(17)21-18)20-19(24)22-10-4-7-16(22)13-5-2-1-3-6-13/h8-9,11,13,16H,1-7,10,12H2,(H,20,24)(H,21,23). The zero-order chi connectivity index (χ0) is 17.2. The first-order valence-corrected chi connectivity index (χ1v) is 9.35. The Balaban J connectivity index is 1.43. The van der Waals surface area contributed by atoms with E-state index in [2.05, 4.69) is 10.6 Å². The number of rotatable bonds is 2. The quantitative estimate of drug-likeness (QED) is 0.862. The Labute approximate surface area is 147 Å². The van der Waals surface area contributed by atoms with Crippen LogP contribution in [-0.2, 0) is 4.79 Å². The molecule has 3 amide bonds. The Morgan fingerprint density at radius 2 is 2.00 bits per heavy atom. The van der Waals surface area contributed by atoms with Gasteiger partial charge in [0.05, 0.1) is 5.69 Å². The number of ether oxygens (including phenoxy) is 1. The zero-order valence-corrected chi connectivity index (χ0v) is 14.4. The molecule has 0 radical (unpaired) electrons. The van der Waals surface area contributed by atoms with E-state index in [1.54, 1.807) is 18.2 Å². The third kappa shape index (κ3) is 3.43. The van der Waals surface area contributed by atoms with Crippen molar-refractivity contribution in [1.82, 2.24) is 4.90 Å². The minimum Gasteiger partial charge on any atom is -0.482 e. The van der Waals surface area contributed by atoms with Crippen LogP contribution < -0.4 is 15.4 Å². The van der Waals surface area contributed by atoms with Crippen molar-refractivity contribution >= 4 is 23.3 Å². The molecular weight excluding hydrogens is 318 g/mol. The van der Waals surface area contributed by atoms with Gasteiger partial charge in [-0.15, -0.1) is 0 Å². The molecule has 1 aromatic rings. The number of hydrogen-bond acceptors (Lipinski definition) is 3. The van der Waals surface area contributed by atoms with Gasteiger partial charge in [0.25, 0.3) is 5.91 Å². The molecule has 3 aliphatic rings. The summed E-state index contributed by atoms with van der Waals surface area (Å²) in [6.07, 6.45) is 8.64. The van der Waals surface area contributed by atoms with Gasteiger partial charge in [-0.2, -0.15) is 0 Å². The van der Waals surface area contributed by atoms with E-state index in [0.717, 1.165) is 19.4 Å². The third-order valence-electron chi connectivity index (χ3n) is 5.62. The summed E-state index contributed by atoms with van der Waals surface area (Å²) < 4.78 is 5.42. The van der Waals surface area contributed by atoms with Gasteiger partial charge in [-0.3, -0.25) is 4.79 Å². The maximum Gasteiger partial charge on any atom is 0.322 e. The van der Waals surface area contributed by atoms with Gasteiger partial charge < -0.3 is 20.3 Å². The predicted molar refractivity (Wildman–Crippen MR) is 95.9 cm³/mol. The Bertz CT molecular complexity index is 670. The predicted octanol–water partition coefficient (Wildman–Crippen LogP) is 3.59. The number of fused-ring (bicyclic) bond motifs is 1. The number of urea groups is 1. The van der Waals surface area contributed by atoms with Gasteiger partial charge in [0.15, 0.2) is 6.61 Å². The fourth-order valence-electron chi connectivity index (χ4n) is 4.40. The van der Waals surface area contributed by atoms with Crippen LogP contribution >= 0.6 is 0 Å². The van der Waals surface area contributed by atoms with Crippen molar-refractivity contribution in [2.24, 2.45) is 5.92 Å². The summed E-state index contributed by atoms with van der Waals surface area (Å²) in [5, 5.41) is 5.77. The lowest BCUT2D eigenvalue weighted by atomic mass is 9.83. The molecule has 2 aliphatic heterocycles. The molecule has 1 saturated carbocycles. The van der Waals surface area contributed by atoms with Crippen molar-refractivity contribution in [2.75, 3.05) is 23.8 Å². The van der Waals surface area contributed by atoms with E-state index in [1.165, 1.54) is 32.1 Å². The van der Waals surface area contributed by atoms with Crippen molar-refractivity contribution in [3.8, 4) is 5.75 Å². The van der Waals surface area contributed by atoms with E-state index in [4.69, 9.17) is 4.74 Å². The molecule has 1 aliphatic carbocycles. The number of amides is 3. The van der Waals surface area contributed by atoms with E-state index in [1.807, 2.05) is 4.90 Å². The Hall–Kier alpha value is -2.24. The van der Waals surface area contributed by atoms with Gasteiger partial charge in [0.2, 0.25) is 0 Å². The van der Waals surface area contributed by atoms with E-state index in [9.17, 15) is 9.59 Å². The van der Waals surface area contributed by atoms with Crippen molar-refractivity contribution in [2.45, 2.75) is 51.0 Å². The van der Waals surface area contributed by atoms with Gasteiger partial charge in [-0.1, -0.05) is 19.3 Å². The summed E-state index contributed by atoms with van der Waals surface area (Å²) in [6.45, 7) is 0.852. The summed E-state index contributed by atoms with van der Waals surface area (Å²) in [7, 11) is 0.